The second-order valence-corrected chi connectivity index (χ2v) is 2.48. The van der Waals surface area contributed by atoms with Gasteiger partial charge in [0.1, 0.15) is 5.75 Å². The summed E-state index contributed by atoms with van der Waals surface area (Å²) in [6.45, 7) is 1.93. The van der Waals surface area contributed by atoms with Crippen LogP contribution in [0.3, 0.4) is 0 Å². The first kappa shape index (κ1) is 7.68. The zero-order chi connectivity index (χ0) is 8.27. The Kier molecular flexibility index (Phi) is 2.18. The second-order valence-electron chi connectivity index (χ2n) is 2.48. The molecule has 56 valence electrons. The van der Waals surface area contributed by atoms with Gasteiger partial charge in [-0.3, -0.25) is 0 Å². The van der Waals surface area contributed by atoms with Crippen LogP contribution in [-0.4, -0.2) is 5.11 Å². The molecule has 0 aromatic heterocycles. The van der Waals surface area contributed by atoms with Gasteiger partial charge >= 0.3 is 0 Å². The molecule has 1 atom stereocenters. The number of aromatic hydroxyl groups is 1. The van der Waals surface area contributed by atoms with Crippen molar-refractivity contribution in [2.24, 2.45) is 0 Å². The topological polar surface area (TPSA) is 20.2 Å². The SMILES string of the molecule is C#CC(C)c1cccc(O)c1. The lowest BCUT2D eigenvalue weighted by Crippen LogP contribution is -1.87. The third-order valence-electron chi connectivity index (χ3n) is 1.62. The number of phenols is 1. The third-order valence-corrected chi connectivity index (χ3v) is 1.62. The predicted molar refractivity (Wildman–Crippen MR) is 45.4 cm³/mol. The highest BCUT2D eigenvalue weighted by Crippen LogP contribution is 2.18. The van der Waals surface area contributed by atoms with Crippen LogP contribution in [0.1, 0.15) is 18.4 Å². The normalized spacial score (nSPS) is 12.0. The van der Waals surface area contributed by atoms with E-state index in [0.717, 1.165) is 5.56 Å². The molecule has 0 radical (unpaired) electrons. The molecule has 0 spiro atoms. The molecule has 0 aliphatic rings. The number of terminal acetylenes is 1. The Hall–Kier alpha value is -1.42. The molecular formula is C10H10O. The molecule has 1 rings (SSSR count). The van der Waals surface area contributed by atoms with Crippen LogP contribution >= 0.6 is 0 Å². The summed E-state index contributed by atoms with van der Waals surface area (Å²) in [6, 6.07) is 7.01. The lowest BCUT2D eigenvalue weighted by atomic mass is 10.0. The lowest BCUT2D eigenvalue weighted by Gasteiger charge is -2.03. The molecule has 0 bridgehead atoms. The van der Waals surface area contributed by atoms with Gasteiger partial charge in [-0.15, -0.1) is 6.42 Å². The van der Waals surface area contributed by atoms with Crippen molar-refractivity contribution in [1.82, 2.24) is 0 Å². The highest BCUT2D eigenvalue weighted by atomic mass is 16.3. The Morgan fingerprint density at radius 3 is 2.82 bits per heavy atom. The molecule has 1 aromatic carbocycles. The van der Waals surface area contributed by atoms with E-state index in [1.165, 1.54) is 0 Å². The van der Waals surface area contributed by atoms with Crippen molar-refractivity contribution in [2.75, 3.05) is 0 Å². The average Bonchev–Trinajstić information content (AvgIpc) is 2.03. The summed E-state index contributed by atoms with van der Waals surface area (Å²) in [7, 11) is 0. The van der Waals surface area contributed by atoms with E-state index < -0.39 is 0 Å². The summed E-state index contributed by atoms with van der Waals surface area (Å²) in [6.07, 6.45) is 5.22. The first-order valence-corrected chi connectivity index (χ1v) is 3.49. The van der Waals surface area contributed by atoms with E-state index in [1.807, 2.05) is 13.0 Å². The summed E-state index contributed by atoms with van der Waals surface area (Å²) < 4.78 is 0. The molecule has 0 aliphatic carbocycles. The number of phenolic OH excluding ortho intramolecular Hbond substituents is 1. The van der Waals surface area contributed by atoms with Gasteiger partial charge in [0, 0.05) is 5.92 Å². The van der Waals surface area contributed by atoms with E-state index in [0.29, 0.717) is 0 Å². The van der Waals surface area contributed by atoms with Crippen LogP contribution < -0.4 is 0 Å². The smallest absolute Gasteiger partial charge is 0.115 e. The third kappa shape index (κ3) is 1.75. The van der Waals surface area contributed by atoms with Gasteiger partial charge in [-0.05, 0) is 24.6 Å². The van der Waals surface area contributed by atoms with Crippen LogP contribution in [0.4, 0.5) is 0 Å². The molecule has 0 saturated heterocycles. The van der Waals surface area contributed by atoms with Crippen molar-refractivity contribution in [2.45, 2.75) is 12.8 Å². The molecule has 1 aromatic rings. The van der Waals surface area contributed by atoms with E-state index >= 15 is 0 Å². The highest BCUT2D eigenvalue weighted by Gasteiger charge is 2.00. The van der Waals surface area contributed by atoms with Gasteiger partial charge in [-0.2, -0.15) is 0 Å². The minimum atomic E-state index is 0.0714. The van der Waals surface area contributed by atoms with Crippen molar-refractivity contribution < 1.29 is 5.11 Å². The summed E-state index contributed by atoms with van der Waals surface area (Å²) in [5, 5.41) is 9.09. The van der Waals surface area contributed by atoms with E-state index in [1.54, 1.807) is 18.2 Å². The molecule has 1 unspecified atom stereocenters. The van der Waals surface area contributed by atoms with Crippen molar-refractivity contribution in [3.05, 3.63) is 29.8 Å². The Labute approximate surface area is 66.7 Å². The molecule has 0 saturated carbocycles. The van der Waals surface area contributed by atoms with Crippen LogP contribution in [0.2, 0.25) is 0 Å². The standard InChI is InChI=1S/C10H10O/c1-3-8(2)9-5-4-6-10(11)7-9/h1,4-8,11H,2H3. The van der Waals surface area contributed by atoms with Gasteiger partial charge in [0.25, 0.3) is 0 Å². The van der Waals surface area contributed by atoms with Gasteiger partial charge in [0.05, 0.1) is 0 Å². The molecule has 11 heavy (non-hydrogen) atoms. The maximum absolute atomic E-state index is 9.09. The highest BCUT2D eigenvalue weighted by molar-refractivity contribution is 5.32. The fourth-order valence-electron chi connectivity index (χ4n) is 0.890. The van der Waals surface area contributed by atoms with E-state index in [9.17, 15) is 0 Å². The summed E-state index contributed by atoms with van der Waals surface area (Å²) in [5.41, 5.74) is 0.979. The summed E-state index contributed by atoms with van der Waals surface area (Å²) in [4.78, 5) is 0. The van der Waals surface area contributed by atoms with Gasteiger partial charge in [0.15, 0.2) is 0 Å². The zero-order valence-corrected chi connectivity index (χ0v) is 6.41. The van der Waals surface area contributed by atoms with Gasteiger partial charge in [-0.25, -0.2) is 0 Å². The van der Waals surface area contributed by atoms with Crippen molar-refractivity contribution >= 4 is 0 Å². The number of benzene rings is 1. The minimum Gasteiger partial charge on any atom is -0.508 e. The Morgan fingerprint density at radius 2 is 2.27 bits per heavy atom. The van der Waals surface area contributed by atoms with Gasteiger partial charge in [-0.1, -0.05) is 18.1 Å². The summed E-state index contributed by atoms with van der Waals surface area (Å²) >= 11 is 0. The number of rotatable bonds is 1. The molecule has 1 heteroatoms. The Balaban J connectivity index is 2.98. The van der Waals surface area contributed by atoms with Crippen molar-refractivity contribution in [3.63, 3.8) is 0 Å². The first-order chi connectivity index (χ1) is 5.24. The van der Waals surface area contributed by atoms with Gasteiger partial charge < -0.3 is 5.11 Å². The number of hydrogen-bond donors (Lipinski definition) is 1. The lowest BCUT2D eigenvalue weighted by molar-refractivity contribution is 0.474. The molecule has 0 aliphatic heterocycles. The van der Waals surface area contributed by atoms with Crippen LogP contribution in [0.15, 0.2) is 24.3 Å². The Morgan fingerprint density at radius 1 is 1.55 bits per heavy atom. The van der Waals surface area contributed by atoms with Crippen LogP contribution in [0.5, 0.6) is 5.75 Å². The van der Waals surface area contributed by atoms with Crippen LogP contribution in [-0.2, 0) is 0 Å². The minimum absolute atomic E-state index is 0.0714. The maximum atomic E-state index is 9.09. The van der Waals surface area contributed by atoms with E-state index in [4.69, 9.17) is 11.5 Å². The molecule has 0 fully saturated rings. The first-order valence-electron chi connectivity index (χ1n) is 3.49. The molecular weight excluding hydrogens is 136 g/mol. The largest absolute Gasteiger partial charge is 0.508 e. The summed E-state index contributed by atoms with van der Waals surface area (Å²) in [5.74, 6) is 2.94. The quantitative estimate of drug-likeness (QED) is 0.602. The van der Waals surface area contributed by atoms with E-state index in [2.05, 4.69) is 5.92 Å². The second kappa shape index (κ2) is 3.12. The fourth-order valence-corrected chi connectivity index (χ4v) is 0.890. The monoisotopic (exact) mass is 146 g/mol. The van der Waals surface area contributed by atoms with Crippen molar-refractivity contribution in [1.29, 1.82) is 0 Å². The molecule has 0 amide bonds. The fraction of sp³-hybridized carbons (Fsp3) is 0.200. The van der Waals surface area contributed by atoms with Gasteiger partial charge in [0.2, 0.25) is 0 Å². The molecule has 0 heterocycles. The molecule has 1 N–H and O–H groups in total. The van der Waals surface area contributed by atoms with Crippen molar-refractivity contribution in [3.8, 4) is 18.1 Å². The van der Waals surface area contributed by atoms with Crippen LogP contribution in [0.25, 0.3) is 0 Å². The average molecular weight is 146 g/mol. The zero-order valence-electron chi connectivity index (χ0n) is 6.41. The molecule has 1 nitrogen and oxygen atoms in total. The predicted octanol–water partition coefficient (Wildman–Crippen LogP) is 2.13. The van der Waals surface area contributed by atoms with E-state index in [-0.39, 0.29) is 11.7 Å². The maximum Gasteiger partial charge on any atom is 0.115 e. The van der Waals surface area contributed by atoms with Crippen LogP contribution in [0, 0.1) is 12.3 Å². The number of hydrogen-bond acceptors (Lipinski definition) is 1. The Bertz CT molecular complexity index is 283.